The smallest absolute Gasteiger partial charge is 0.302 e. The summed E-state index contributed by atoms with van der Waals surface area (Å²) >= 11 is 0. The summed E-state index contributed by atoms with van der Waals surface area (Å²) in [5.74, 6) is -3.52. The molecule has 7 nitrogen and oxygen atoms in total. The zero-order chi connectivity index (χ0) is 21.0. The molecule has 0 unspecified atom stereocenters. The molecule has 4 aliphatic carbocycles. The van der Waals surface area contributed by atoms with E-state index in [0.717, 1.165) is 6.42 Å². The molecular formula is C22H30O7. The Labute approximate surface area is 170 Å². The van der Waals surface area contributed by atoms with Crippen LogP contribution >= 0.6 is 0 Å². The molecule has 4 saturated carbocycles. The number of hydrogen-bond acceptors (Lipinski definition) is 7. The summed E-state index contributed by atoms with van der Waals surface area (Å²) in [4.78, 5) is 24.9. The van der Waals surface area contributed by atoms with Gasteiger partial charge in [-0.25, -0.2) is 0 Å². The second-order valence-electron chi connectivity index (χ2n) is 10.4. The Hall–Kier alpha value is -1.28. The standard InChI is InChI=1S/C22H30O7/c1-11-13-4-5-14-20-10-29-22(27,21(14,8-13)17(11)25)18(26)16(20)19(3,7-6-15(20)24)9-28-12(2)23/h13-16,18,24,26-27H,1,4-10H2,2-3H3/t13-,14+,15+,16-,18+,19+,20-,21-,22-/m1/s1. The van der Waals surface area contributed by atoms with Crippen LogP contribution in [0.2, 0.25) is 0 Å². The van der Waals surface area contributed by atoms with Gasteiger partial charge in [0.25, 0.3) is 0 Å². The zero-order valence-electron chi connectivity index (χ0n) is 17.0. The van der Waals surface area contributed by atoms with Gasteiger partial charge < -0.3 is 24.8 Å². The van der Waals surface area contributed by atoms with Gasteiger partial charge in [-0.2, -0.15) is 0 Å². The summed E-state index contributed by atoms with van der Waals surface area (Å²) in [6.07, 6.45) is 0.743. The molecule has 2 aliphatic heterocycles. The first-order valence-corrected chi connectivity index (χ1v) is 10.6. The van der Waals surface area contributed by atoms with Crippen molar-refractivity contribution in [3.63, 3.8) is 0 Å². The van der Waals surface area contributed by atoms with Gasteiger partial charge in [-0.3, -0.25) is 9.59 Å². The second kappa shape index (κ2) is 5.69. The van der Waals surface area contributed by atoms with Crippen LogP contribution < -0.4 is 0 Å². The summed E-state index contributed by atoms with van der Waals surface area (Å²) in [5.41, 5.74) is -2.27. The molecule has 2 saturated heterocycles. The van der Waals surface area contributed by atoms with E-state index in [9.17, 15) is 24.9 Å². The molecule has 7 heteroatoms. The Kier molecular flexibility index (Phi) is 3.86. The Morgan fingerprint density at radius 3 is 2.72 bits per heavy atom. The van der Waals surface area contributed by atoms with E-state index in [-0.39, 0.29) is 30.8 Å². The Balaban J connectivity index is 1.69. The molecule has 0 aromatic rings. The molecule has 6 rings (SSSR count). The van der Waals surface area contributed by atoms with Crippen LogP contribution in [0, 0.1) is 34.0 Å². The maximum atomic E-state index is 13.4. The lowest BCUT2D eigenvalue weighted by Gasteiger charge is -2.74. The molecule has 3 N–H and O–H groups in total. The lowest BCUT2D eigenvalue weighted by molar-refractivity contribution is -0.450. The average molecular weight is 406 g/mol. The summed E-state index contributed by atoms with van der Waals surface area (Å²) in [6.45, 7) is 7.44. The van der Waals surface area contributed by atoms with Crippen LogP contribution in [0.5, 0.6) is 0 Å². The van der Waals surface area contributed by atoms with Crippen molar-refractivity contribution >= 4 is 11.8 Å². The predicted octanol–water partition coefficient (Wildman–Crippen LogP) is 0.948. The van der Waals surface area contributed by atoms with Crippen molar-refractivity contribution in [2.75, 3.05) is 13.2 Å². The lowest BCUT2D eigenvalue weighted by Crippen LogP contribution is -2.84. The lowest BCUT2D eigenvalue weighted by atomic mass is 9.36. The van der Waals surface area contributed by atoms with E-state index >= 15 is 0 Å². The molecule has 2 spiro atoms. The van der Waals surface area contributed by atoms with Crippen molar-refractivity contribution in [3.8, 4) is 0 Å². The largest absolute Gasteiger partial charge is 0.465 e. The van der Waals surface area contributed by atoms with Crippen LogP contribution in [-0.2, 0) is 19.1 Å². The topological polar surface area (TPSA) is 113 Å². The number of fused-ring (bicyclic) bond motifs is 2. The van der Waals surface area contributed by atoms with Gasteiger partial charge >= 0.3 is 5.97 Å². The number of aliphatic hydroxyl groups excluding tert-OH is 2. The highest BCUT2D eigenvalue weighted by Gasteiger charge is 2.84. The highest BCUT2D eigenvalue weighted by molar-refractivity contribution is 6.04. The third-order valence-electron chi connectivity index (χ3n) is 9.25. The minimum atomic E-state index is -2.02. The van der Waals surface area contributed by atoms with E-state index in [1.54, 1.807) is 0 Å². The van der Waals surface area contributed by atoms with Gasteiger partial charge in [-0.05, 0) is 49.5 Å². The monoisotopic (exact) mass is 406 g/mol. The Morgan fingerprint density at radius 1 is 1.31 bits per heavy atom. The number of ketones is 1. The van der Waals surface area contributed by atoms with Crippen molar-refractivity contribution in [3.05, 3.63) is 12.2 Å². The number of allylic oxidation sites excluding steroid dienone is 1. The van der Waals surface area contributed by atoms with Gasteiger partial charge in [0.2, 0.25) is 5.79 Å². The maximum absolute atomic E-state index is 13.4. The third-order valence-corrected chi connectivity index (χ3v) is 9.25. The summed E-state index contributed by atoms with van der Waals surface area (Å²) in [6, 6.07) is 0. The highest BCUT2D eigenvalue weighted by atomic mass is 16.6. The first kappa shape index (κ1) is 19.7. The van der Waals surface area contributed by atoms with Gasteiger partial charge in [0, 0.05) is 23.7 Å². The fraction of sp³-hybridized carbons (Fsp3) is 0.818. The van der Waals surface area contributed by atoms with Crippen molar-refractivity contribution in [1.82, 2.24) is 0 Å². The van der Waals surface area contributed by atoms with Gasteiger partial charge in [0.05, 0.1) is 24.7 Å². The normalized spacial score (nSPS) is 55.4. The van der Waals surface area contributed by atoms with Gasteiger partial charge in [-0.1, -0.05) is 13.5 Å². The number of ether oxygens (including phenoxy) is 2. The van der Waals surface area contributed by atoms with E-state index in [2.05, 4.69) is 6.58 Å². The van der Waals surface area contributed by atoms with E-state index in [4.69, 9.17) is 9.47 Å². The van der Waals surface area contributed by atoms with Crippen molar-refractivity contribution in [2.24, 2.45) is 34.0 Å². The van der Waals surface area contributed by atoms with Gasteiger partial charge in [0.1, 0.15) is 6.10 Å². The van der Waals surface area contributed by atoms with Crippen LogP contribution in [0.3, 0.4) is 0 Å². The van der Waals surface area contributed by atoms with Crippen LogP contribution in [-0.4, -0.2) is 58.3 Å². The van der Waals surface area contributed by atoms with Crippen LogP contribution in [0.1, 0.15) is 46.0 Å². The number of esters is 1. The van der Waals surface area contributed by atoms with Gasteiger partial charge in [-0.15, -0.1) is 0 Å². The quantitative estimate of drug-likeness (QED) is 0.462. The van der Waals surface area contributed by atoms with Crippen molar-refractivity contribution < 1.29 is 34.4 Å². The predicted molar refractivity (Wildman–Crippen MR) is 100 cm³/mol. The molecule has 0 aromatic heterocycles. The van der Waals surface area contributed by atoms with Gasteiger partial charge in [0.15, 0.2) is 5.78 Å². The Morgan fingerprint density at radius 2 is 2.03 bits per heavy atom. The van der Waals surface area contributed by atoms with E-state index in [0.29, 0.717) is 31.3 Å². The average Bonchev–Trinajstić information content (AvgIpc) is 2.87. The van der Waals surface area contributed by atoms with Crippen LogP contribution in [0.25, 0.3) is 0 Å². The third kappa shape index (κ3) is 1.98. The zero-order valence-corrected chi connectivity index (χ0v) is 17.0. The SMILES string of the molecule is C=C1C(=O)[C@@]23C[C@H]1CC[C@H]2[C@@]12CO[C@]3(O)[C@@H](O)[C@@H]1[C@](C)(COC(C)=O)CC[C@@H]2O. The van der Waals surface area contributed by atoms with Crippen LogP contribution in [0.15, 0.2) is 12.2 Å². The van der Waals surface area contributed by atoms with E-state index in [1.807, 2.05) is 6.92 Å². The first-order valence-electron chi connectivity index (χ1n) is 10.6. The van der Waals surface area contributed by atoms with Crippen molar-refractivity contribution in [2.45, 2.75) is 63.9 Å². The number of aliphatic hydroxyl groups is 3. The Bertz CT molecular complexity index is 809. The molecule has 9 atom stereocenters. The molecule has 0 radical (unpaired) electrons. The first-order chi connectivity index (χ1) is 13.5. The molecule has 160 valence electrons. The molecule has 6 aliphatic rings. The maximum Gasteiger partial charge on any atom is 0.302 e. The number of hydrogen-bond donors (Lipinski definition) is 3. The summed E-state index contributed by atoms with van der Waals surface area (Å²) in [7, 11) is 0. The molecule has 4 bridgehead atoms. The molecular weight excluding hydrogens is 376 g/mol. The van der Waals surface area contributed by atoms with E-state index in [1.165, 1.54) is 6.92 Å². The summed E-state index contributed by atoms with van der Waals surface area (Å²) in [5, 5.41) is 34.6. The van der Waals surface area contributed by atoms with Crippen LogP contribution in [0.4, 0.5) is 0 Å². The molecule has 0 amide bonds. The molecule has 6 fully saturated rings. The second-order valence-corrected chi connectivity index (χ2v) is 10.4. The minimum Gasteiger partial charge on any atom is -0.465 e. The molecule has 29 heavy (non-hydrogen) atoms. The fourth-order valence-electron chi connectivity index (χ4n) is 8.08. The minimum absolute atomic E-state index is 0.0130. The highest BCUT2D eigenvalue weighted by Crippen LogP contribution is 2.76. The number of rotatable bonds is 2. The van der Waals surface area contributed by atoms with E-state index < -0.39 is 46.1 Å². The fourth-order valence-corrected chi connectivity index (χ4v) is 8.08. The molecule has 2 heterocycles. The summed E-state index contributed by atoms with van der Waals surface area (Å²) < 4.78 is 11.3. The number of carbonyl (C=O) groups excluding carboxylic acids is 2. The number of Topliss-reactive ketones (excluding diaryl/α,β-unsaturated/α-hetero) is 1. The molecule has 0 aromatic carbocycles. The van der Waals surface area contributed by atoms with Crippen molar-refractivity contribution in [1.29, 1.82) is 0 Å². The number of carbonyl (C=O) groups is 2.